The van der Waals surface area contributed by atoms with Gasteiger partial charge in [-0.05, 0) is 56.5 Å². The van der Waals surface area contributed by atoms with Crippen LogP contribution in [0, 0.1) is 24.5 Å². The van der Waals surface area contributed by atoms with Crippen LogP contribution >= 0.6 is 0 Å². The average molecular weight is 386 g/mol. The summed E-state index contributed by atoms with van der Waals surface area (Å²) in [6.45, 7) is 4.20. The van der Waals surface area contributed by atoms with Gasteiger partial charge in [-0.2, -0.15) is 5.10 Å². The summed E-state index contributed by atoms with van der Waals surface area (Å²) in [6, 6.07) is 6.27. The quantitative estimate of drug-likeness (QED) is 0.797. The number of aryl methyl sites for hydroxylation is 2. The van der Waals surface area contributed by atoms with Gasteiger partial charge in [0.2, 0.25) is 0 Å². The third-order valence-electron chi connectivity index (χ3n) is 6.86. The number of hydrogen-bond acceptors (Lipinski definition) is 3. The standard InChI is InChI=1S/C21H24F2N4O/c1-12-10-17(25(2)24-12)21(28)27-11-15(14-4-3-5-16(22)18(14)23)20-19(27)13-6-8-26(20)9-7-13/h3-5,10,13,15,19-20H,6-9,11H2,1-2H3/t15-,19-,20-/m1/s1. The lowest BCUT2D eigenvalue weighted by molar-refractivity contribution is -0.00390. The largest absolute Gasteiger partial charge is 0.332 e. The number of benzene rings is 1. The number of aromatic nitrogens is 2. The second-order valence-corrected chi connectivity index (χ2v) is 8.36. The van der Waals surface area contributed by atoms with Gasteiger partial charge in [-0.3, -0.25) is 14.4 Å². The number of amides is 1. The number of carbonyl (C=O) groups excluding carboxylic acids is 1. The first-order valence-electron chi connectivity index (χ1n) is 9.95. The van der Waals surface area contributed by atoms with E-state index in [1.165, 1.54) is 0 Å². The zero-order valence-electron chi connectivity index (χ0n) is 16.1. The molecule has 1 aromatic carbocycles. The molecule has 6 rings (SSSR count). The highest BCUT2D eigenvalue weighted by Crippen LogP contribution is 2.47. The molecule has 2 aromatic rings. The Balaban J connectivity index is 1.57. The van der Waals surface area contributed by atoms with E-state index in [-0.39, 0.29) is 23.9 Å². The molecule has 4 aliphatic rings. The van der Waals surface area contributed by atoms with Crippen molar-refractivity contribution in [2.75, 3.05) is 19.6 Å². The molecule has 3 atom stereocenters. The fraction of sp³-hybridized carbons (Fsp3) is 0.524. The summed E-state index contributed by atoms with van der Waals surface area (Å²) in [5, 5.41) is 4.31. The van der Waals surface area contributed by atoms with Gasteiger partial charge in [-0.1, -0.05) is 12.1 Å². The van der Waals surface area contributed by atoms with E-state index in [9.17, 15) is 13.6 Å². The van der Waals surface area contributed by atoms with Crippen molar-refractivity contribution in [1.82, 2.24) is 19.6 Å². The number of piperidine rings is 3. The van der Waals surface area contributed by atoms with Crippen molar-refractivity contribution < 1.29 is 13.6 Å². The maximum Gasteiger partial charge on any atom is 0.272 e. The normalized spacial score (nSPS) is 31.3. The number of likely N-dealkylation sites (tertiary alicyclic amines) is 1. The first-order valence-corrected chi connectivity index (χ1v) is 9.95. The van der Waals surface area contributed by atoms with Crippen LogP contribution in [0.25, 0.3) is 0 Å². The highest BCUT2D eigenvalue weighted by atomic mass is 19.2. The number of rotatable bonds is 2. The van der Waals surface area contributed by atoms with Crippen molar-refractivity contribution in [3.63, 3.8) is 0 Å². The molecule has 28 heavy (non-hydrogen) atoms. The number of nitrogens with zero attached hydrogens (tertiary/aromatic N) is 4. The maximum absolute atomic E-state index is 14.7. The molecule has 4 aliphatic heterocycles. The van der Waals surface area contributed by atoms with Crippen molar-refractivity contribution in [1.29, 1.82) is 0 Å². The van der Waals surface area contributed by atoms with Gasteiger partial charge in [0.05, 0.1) is 11.7 Å². The molecule has 2 bridgehead atoms. The smallest absolute Gasteiger partial charge is 0.272 e. The Labute approximate surface area is 162 Å². The lowest BCUT2D eigenvalue weighted by atomic mass is 9.75. The minimum Gasteiger partial charge on any atom is -0.332 e. The zero-order valence-corrected chi connectivity index (χ0v) is 16.1. The molecular weight excluding hydrogens is 362 g/mol. The Morgan fingerprint density at radius 1 is 1.18 bits per heavy atom. The molecular formula is C21H24F2N4O. The van der Waals surface area contributed by atoms with Crippen molar-refractivity contribution in [3.8, 4) is 0 Å². The highest BCUT2D eigenvalue weighted by molar-refractivity contribution is 5.93. The van der Waals surface area contributed by atoms with E-state index in [4.69, 9.17) is 0 Å². The molecule has 148 valence electrons. The first-order chi connectivity index (χ1) is 13.5. The molecule has 1 aromatic heterocycles. The number of halogens is 2. The molecule has 4 fully saturated rings. The lowest BCUT2D eigenvalue weighted by Gasteiger charge is -2.51. The van der Waals surface area contributed by atoms with Gasteiger partial charge in [0.1, 0.15) is 5.69 Å². The van der Waals surface area contributed by atoms with Crippen LogP contribution < -0.4 is 0 Å². The van der Waals surface area contributed by atoms with Crippen LogP contribution in [-0.2, 0) is 7.05 Å². The summed E-state index contributed by atoms with van der Waals surface area (Å²) in [5.74, 6) is -1.47. The Bertz CT molecular complexity index is 934. The van der Waals surface area contributed by atoms with Crippen LogP contribution in [0.3, 0.4) is 0 Å². The van der Waals surface area contributed by atoms with Crippen LogP contribution in [0.4, 0.5) is 8.78 Å². The van der Waals surface area contributed by atoms with Crippen LogP contribution in [0.1, 0.15) is 40.5 Å². The fourth-order valence-corrected chi connectivity index (χ4v) is 5.69. The van der Waals surface area contributed by atoms with Gasteiger partial charge in [0, 0.05) is 25.6 Å². The predicted molar refractivity (Wildman–Crippen MR) is 100.0 cm³/mol. The molecule has 5 nitrogen and oxygen atoms in total. The Morgan fingerprint density at radius 2 is 1.93 bits per heavy atom. The van der Waals surface area contributed by atoms with E-state index in [0.717, 1.165) is 37.7 Å². The van der Waals surface area contributed by atoms with E-state index in [2.05, 4.69) is 10.00 Å². The molecule has 0 spiro atoms. The minimum absolute atomic E-state index is 0.0397. The van der Waals surface area contributed by atoms with Crippen LogP contribution in [0.5, 0.6) is 0 Å². The monoisotopic (exact) mass is 386 g/mol. The summed E-state index contributed by atoms with van der Waals surface area (Å²) < 4.78 is 30.2. The third-order valence-corrected chi connectivity index (χ3v) is 6.86. The van der Waals surface area contributed by atoms with Crippen molar-refractivity contribution in [2.24, 2.45) is 13.0 Å². The molecule has 4 saturated heterocycles. The summed E-state index contributed by atoms with van der Waals surface area (Å²) in [7, 11) is 1.77. The van der Waals surface area contributed by atoms with Crippen molar-refractivity contribution in [2.45, 2.75) is 37.8 Å². The minimum atomic E-state index is -0.822. The Kier molecular flexibility index (Phi) is 4.05. The molecule has 0 radical (unpaired) electrons. The van der Waals surface area contributed by atoms with E-state index < -0.39 is 11.6 Å². The van der Waals surface area contributed by atoms with Crippen molar-refractivity contribution >= 4 is 5.91 Å². The summed E-state index contributed by atoms with van der Waals surface area (Å²) in [6.07, 6.45) is 2.10. The van der Waals surface area contributed by atoms with Crippen LogP contribution in [-0.4, -0.2) is 57.2 Å². The lowest BCUT2D eigenvalue weighted by Crippen LogP contribution is -2.60. The van der Waals surface area contributed by atoms with E-state index in [0.29, 0.717) is 23.7 Å². The number of fused-ring (bicyclic) bond motifs is 2. The van der Waals surface area contributed by atoms with E-state index in [1.807, 2.05) is 11.8 Å². The second-order valence-electron chi connectivity index (χ2n) is 8.36. The summed E-state index contributed by atoms with van der Waals surface area (Å²) >= 11 is 0. The Hall–Kier alpha value is -2.28. The molecule has 0 aliphatic carbocycles. The second kappa shape index (κ2) is 6.37. The average Bonchev–Trinajstić information content (AvgIpc) is 3.26. The fourth-order valence-electron chi connectivity index (χ4n) is 5.69. The van der Waals surface area contributed by atoms with E-state index >= 15 is 0 Å². The highest BCUT2D eigenvalue weighted by Gasteiger charge is 2.55. The van der Waals surface area contributed by atoms with Gasteiger partial charge < -0.3 is 4.90 Å². The molecule has 5 heterocycles. The zero-order chi connectivity index (χ0) is 19.6. The van der Waals surface area contributed by atoms with Gasteiger partial charge in [-0.15, -0.1) is 0 Å². The molecule has 1 amide bonds. The Morgan fingerprint density at radius 3 is 2.61 bits per heavy atom. The van der Waals surface area contributed by atoms with Crippen LogP contribution in [0.15, 0.2) is 24.3 Å². The third kappa shape index (κ3) is 2.52. The molecule has 0 N–H and O–H groups in total. The van der Waals surface area contributed by atoms with Gasteiger partial charge in [0.15, 0.2) is 11.6 Å². The molecule has 0 unspecified atom stereocenters. The molecule has 7 heteroatoms. The first kappa shape index (κ1) is 17.8. The van der Waals surface area contributed by atoms with Gasteiger partial charge >= 0.3 is 0 Å². The molecule has 0 saturated carbocycles. The van der Waals surface area contributed by atoms with Crippen molar-refractivity contribution in [3.05, 3.63) is 52.9 Å². The van der Waals surface area contributed by atoms with Gasteiger partial charge in [-0.25, -0.2) is 8.78 Å². The van der Waals surface area contributed by atoms with Crippen LogP contribution in [0.2, 0.25) is 0 Å². The number of hydrogen-bond donors (Lipinski definition) is 0. The SMILES string of the molecule is Cc1cc(C(=O)N2C[C@H](c3cccc(F)c3F)[C@@H]3[C@H]2C2CCN3CC2)n(C)n1. The van der Waals surface area contributed by atoms with Gasteiger partial charge in [0.25, 0.3) is 5.91 Å². The topological polar surface area (TPSA) is 41.4 Å². The number of carbonyl (C=O) groups is 1. The van der Waals surface area contributed by atoms with E-state index in [1.54, 1.807) is 29.9 Å². The summed E-state index contributed by atoms with van der Waals surface area (Å²) in [4.78, 5) is 17.7. The maximum atomic E-state index is 14.7. The predicted octanol–water partition coefficient (Wildman–Crippen LogP) is 2.71. The summed E-state index contributed by atoms with van der Waals surface area (Å²) in [5.41, 5.74) is 1.73.